The molecule has 0 unspecified atom stereocenters. The summed E-state index contributed by atoms with van der Waals surface area (Å²) in [6, 6.07) is 19.2. The second-order valence-electron chi connectivity index (χ2n) is 7.52. The summed E-state index contributed by atoms with van der Waals surface area (Å²) in [5.41, 5.74) is 3.46. The average molecular weight is 432 g/mol. The Morgan fingerprint density at radius 1 is 0.969 bits per heavy atom. The van der Waals surface area contributed by atoms with E-state index in [4.69, 9.17) is 9.47 Å². The summed E-state index contributed by atoms with van der Waals surface area (Å²) >= 11 is 0. The Bertz CT molecular complexity index is 1220. The van der Waals surface area contributed by atoms with Crippen LogP contribution in [0, 0.1) is 5.82 Å². The molecule has 0 saturated heterocycles. The maximum atomic E-state index is 13.4. The number of nitrogens with one attached hydrogen (secondary N) is 1. The average Bonchev–Trinajstić information content (AvgIpc) is 3.24. The van der Waals surface area contributed by atoms with Gasteiger partial charge < -0.3 is 19.4 Å². The molecule has 164 valence electrons. The largest absolute Gasteiger partial charge is 0.497 e. The van der Waals surface area contributed by atoms with Crippen molar-refractivity contribution >= 4 is 16.8 Å². The lowest BCUT2D eigenvalue weighted by Crippen LogP contribution is -2.32. The van der Waals surface area contributed by atoms with Crippen molar-refractivity contribution in [3.8, 4) is 11.5 Å². The number of ether oxygens (including phenoxy) is 2. The van der Waals surface area contributed by atoms with Crippen LogP contribution in [-0.4, -0.2) is 36.6 Å². The van der Waals surface area contributed by atoms with Gasteiger partial charge in [-0.3, -0.25) is 4.79 Å². The lowest BCUT2D eigenvalue weighted by atomic mass is 10.1. The van der Waals surface area contributed by atoms with Crippen molar-refractivity contribution in [2.75, 3.05) is 20.8 Å². The number of halogens is 1. The van der Waals surface area contributed by atoms with Crippen LogP contribution < -0.4 is 9.47 Å². The second kappa shape index (κ2) is 9.56. The first kappa shape index (κ1) is 21.4. The van der Waals surface area contributed by atoms with Crippen LogP contribution in [0.4, 0.5) is 4.39 Å². The smallest absolute Gasteiger partial charge is 0.254 e. The molecular weight excluding hydrogens is 407 g/mol. The molecule has 3 aromatic carbocycles. The maximum Gasteiger partial charge on any atom is 0.254 e. The molecule has 0 aliphatic heterocycles. The number of amides is 1. The first-order valence-corrected chi connectivity index (χ1v) is 10.4. The van der Waals surface area contributed by atoms with E-state index in [-0.39, 0.29) is 11.7 Å². The quantitative estimate of drug-likeness (QED) is 0.416. The van der Waals surface area contributed by atoms with Crippen molar-refractivity contribution in [3.63, 3.8) is 0 Å². The van der Waals surface area contributed by atoms with Crippen LogP contribution in [0.2, 0.25) is 0 Å². The van der Waals surface area contributed by atoms with Crippen LogP contribution in [-0.2, 0) is 13.0 Å². The minimum absolute atomic E-state index is 0.159. The zero-order valence-corrected chi connectivity index (χ0v) is 18.1. The summed E-state index contributed by atoms with van der Waals surface area (Å²) in [4.78, 5) is 18.4. The Balaban J connectivity index is 1.61. The summed E-state index contributed by atoms with van der Waals surface area (Å²) < 4.78 is 24.2. The number of aromatic nitrogens is 1. The van der Waals surface area contributed by atoms with Gasteiger partial charge in [-0.15, -0.1) is 0 Å². The van der Waals surface area contributed by atoms with Gasteiger partial charge in [-0.05, 0) is 60.5 Å². The molecule has 0 aliphatic carbocycles. The van der Waals surface area contributed by atoms with E-state index >= 15 is 0 Å². The van der Waals surface area contributed by atoms with Crippen molar-refractivity contribution in [2.24, 2.45) is 0 Å². The topological polar surface area (TPSA) is 54.6 Å². The molecule has 5 nitrogen and oxygen atoms in total. The molecule has 6 heteroatoms. The second-order valence-corrected chi connectivity index (χ2v) is 7.52. The van der Waals surface area contributed by atoms with Crippen molar-refractivity contribution in [1.82, 2.24) is 9.88 Å². The minimum atomic E-state index is -0.370. The summed E-state index contributed by atoms with van der Waals surface area (Å²) in [5.74, 6) is 0.978. The van der Waals surface area contributed by atoms with Crippen molar-refractivity contribution in [1.29, 1.82) is 0 Å². The number of carbonyl (C=O) groups is 1. The Hall–Kier alpha value is -3.80. The molecule has 1 amide bonds. The molecule has 0 fully saturated rings. The zero-order chi connectivity index (χ0) is 22.5. The first-order chi connectivity index (χ1) is 15.6. The van der Waals surface area contributed by atoms with Crippen LogP contribution in [0.3, 0.4) is 0 Å². The van der Waals surface area contributed by atoms with Crippen molar-refractivity contribution in [2.45, 2.75) is 13.0 Å². The molecular formula is C26H25FN2O3. The van der Waals surface area contributed by atoms with E-state index in [1.165, 1.54) is 24.3 Å². The van der Waals surface area contributed by atoms with Gasteiger partial charge in [0.05, 0.1) is 14.2 Å². The van der Waals surface area contributed by atoms with Crippen LogP contribution in [0.25, 0.3) is 10.9 Å². The number of carbonyl (C=O) groups excluding carboxylic acids is 1. The molecule has 1 aromatic heterocycles. The number of nitrogens with zero attached hydrogens (tertiary/aromatic N) is 1. The minimum Gasteiger partial charge on any atom is -0.497 e. The van der Waals surface area contributed by atoms with Gasteiger partial charge in [0.25, 0.3) is 5.91 Å². The fraction of sp³-hybridized carbons (Fsp3) is 0.192. The molecule has 4 aromatic rings. The molecule has 4 rings (SSSR count). The zero-order valence-electron chi connectivity index (χ0n) is 18.1. The summed E-state index contributed by atoms with van der Waals surface area (Å²) in [6.45, 7) is 0.865. The van der Waals surface area contributed by atoms with Crippen molar-refractivity contribution in [3.05, 3.63) is 95.4 Å². The highest BCUT2D eigenvalue weighted by Gasteiger charge is 2.19. The van der Waals surface area contributed by atoms with Crippen LogP contribution in [0.5, 0.6) is 11.5 Å². The fourth-order valence-corrected chi connectivity index (χ4v) is 3.81. The summed E-state index contributed by atoms with van der Waals surface area (Å²) in [7, 11) is 3.26. The van der Waals surface area contributed by atoms with E-state index in [0.717, 1.165) is 33.5 Å². The Labute approximate surface area is 186 Å². The Morgan fingerprint density at radius 3 is 2.50 bits per heavy atom. The molecule has 32 heavy (non-hydrogen) atoms. The van der Waals surface area contributed by atoms with Gasteiger partial charge in [0, 0.05) is 41.3 Å². The molecule has 1 heterocycles. The normalized spacial score (nSPS) is 10.8. The van der Waals surface area contributed by atoms with Gasteiger partial charge in [0.15, 0.2) is 0 Å². The van der Waals surface area contributed by atoms with Gasteiger partial charge in [0.1, 0.15) is 17.3 Å². The van der Waals surface area contributed by atoms with Gasteiger partial charge >= 0.3 is 0 Å². The standard InChI is InChI=1S/C26H25FN2O3/c1-31-22-11-12-24-23(15-22)19(16-28-24)13-14-29(17-20-5-3-4-6-25(20)32-2)26(30)18-7-9-21(27)10-8-18/h3-12,15-16,28H,13-14,17H2,1-2H3. The predicted molar refractivity (Wildman–Crippen MR) is 123 cm³/mol. The lowest BCUT2D eigenvalue weighted by molar-refractivity contribution is 0.0744. The molecule has 0 bridgehead atoms. The fourth-order valence-electron chi connectivity index (χ4n) is 3.81. The molecule has 0 aliphatic rings. The van der Waals surface area contributed by atoms with E-state index in [0.29, 0.717) is 25.1 Å². The Morgan fingerprint density at radius 2 is 1.75 bits per heavy atom. The number of rotatable bonds is 8. The SMILES string of the molecule is COc1ccc2[nH]cc(CCN(Cc3ccccc3OC)C(=O)c3ccc(F)cc3)c2c1. The van der Waals surface area contributed by atoms with E-state index in [2.05, 4.69) is 4.98 Å². The number of fused-ring (bicyclic) bond motifs is 1. The van der Waals surface area contributed by atoms with E-state index in [9.17, 15) is 9.18 Å². The predicted octanol–water partition coefficient (Wildman–Crippen LogP) is 5.21. The third kappa shape index (κ3) is 4.59. The number of benzene rings is 3. The van der Waals surface area contributed by atoms with E-state index in [1.807, 2.05) is 48.7 Å². The van der Waals surface area contributed by atoms with Crippen LogP contribution in [0.1, 0.15) is 21.5 Å². The third-order valence-corrected chi connectivity index (χ3v) is 5.56. The van der Waals surface area contributed by atoms with Gasteiger partial charge in [-0.2, -0.15) is 0 Å². The number of aromatic amines is 1. The molecule has 0 atom stereocenters. The van der Waals surface area contributed by atoms with Crippen LogP contribution >= 0.6 is 0 Å². The van der Waals surface area contributed by atoms with E-state index < -0.39 is 0 Å². The number of methoxy groups -OCH3 is 2. The number of hydrogen-bond acceptors (Lipinski definition) is 3. The Kier molecular flexibility index (Phi) is 6.40. The summed E-state index contributed by atoms with van der Waals surface area (Å²) in [6.07, 6.45) is 2.61. The van der Waals surface area contributed by atoms with Gasteiger partial charge in [-0.25, -0.2) is 4.39 Å². The number of para-hydroxylation sites is 1. The molecule has 0 spiro atoms. The summed E-state index contributed by atoms with van der Waals surface area (Å²) in [5, 5.41) is 1.07. The first-order valence-electron chi connectivity index (χ1n) is 10.4. The molecule has 1 N–H and O–H groups in total. The monoisotopic (exact) mass is 432 g/mol. The number of hydrogen-bond donors (Lipinski definition) is 1. The highest BCUT2D eigenvalue weighted by atomic mass is 19.1. The number of H-pyrrole nitrogens is 1. The maximum absolute atomic E-state index is 13.4. The lowest BCUT2D eigenvalue weighted by Gasteiger charge is -2.24. The highest BCUT2D eigenvalue weighted by Crippen LogP contribution is 2.25. The highest BCUT2D eigenvalue weighted by molar-refractivity contribution is 5.94. The van der Waals surface area contributed by atoms with Crippen molar-refractivity contribution < 1.29 is 18.7 Å². The van der Waals surface area contributed by atoms with Crippen LogP contribution in [0.15, 0.2) is 72.9 Å². The van der Waals surface area contributed by atoms with Gasteiger partial charge in [-0.1, -0.05) is 18.2 Å². The van der Waals surface area contributed by atoms with Gasteiger partial charge in [0.2, 0.25) is 0 Å². The third-order valence-electron chi connectivity index (χ3n) is 5.56. The molecule has 0 saturated carbocycles. The van der Waals surface area contributed by atoms with E-state index in [1.54, 1.807) is 19.1 Å². The molecule has 0 radical (unpaired) electrons.